The Kier molecular flexibility index (Phi) is 6.48. The quantitative estimate of drug-likeness (QED) is 0.264. The first-order valence-electron chi connectivity index (χ1n) is 11.6. The fourth-order valence-corrected chi connectivity index (χ4v) is 4.46. The van der Waals surface area contributed by atoms with E-state index >= 15 is 0 Å². The summed E-state index contributed by atoms with van der Waals surface area (Å²) in [6.07, 6.45) is 1.90. The molecule has 5 rings (SSSR count). The van der Waals surface area contributed by atoms with Crippen LogP contribution in [0.25, 0.3) is 22.0 Å². The van der Waals surface area contributed by atoms with Gasteiger partial charge in [-0.25, -0.2) is 9.97 Å². The van der Waals surface area contributed by atoms with Crippen molar-refractivity contribution in [3.8, 4) is 11.1 Å². The summed E-state index contributed by atoms with van der Waals surface area (Å²) < 4.78 is 5.37. The number of carbonyl (C=O) groups is 1. The molecule has 0 unspecified atom stereocenters. The maximum Gasteiger partial charge on any atom is 0.204 e. The third-order valence-electron chi connectivity index (χ3n) is 5.94. The predicted octanol–water partition coefficient (Wildman–Crippen LogP) is 6.30. The van der Waals surface area contributed by atoms with Crippen LogP contribution in [0.3, 0.4) is 0 Å². The van der Waals surface area contributed by atoms with Gasteiger partial charge in [0.2, 0.25) is 5.78 Å². The van der Waals surface area contributed by atoms with Gasteiger partial charge in [0.25, 0.3) is 0 Å². The zero-order valence-corrected chi connectivity index (χ0v) is 20.9. The Bertz CT molecular complexity index is 1580. The Morgan fingerprint density at radius 3 is 2.61 bits per heavy atom. The molecule has 7 nitrogen and oxygen atoms in total. The molecule has 0 fully saturated rings. The van der Waals surface area contributed by atoms with Crippen LogP contribution in [-0.4, -0.2) is 25.9 Å². The lowest BCUT2D eigenvalue weighted by atomic mass is 10.0. The Hall–Kier alpha value is -4.10. The Labute approximate surface area is 213 Å². The van der Waals surface area contributed by atoms with E-state index in [0.717, 1.165) is 44.8 Å². The highest BCUT2D eigenvalue weighted by Gasteiger charge is 2.18. The number of hydrogen-bond acceptors (Lipinski definition) is 7. The molecule has 0 aliphatic rings. The second-order valence-corrected chi connectivity index (χ2v) is 9.15. The van der Waals surface area contributed by atoms with Crippen LogP contribution in [0.2, 0.25) is 5.02 Å². The van der Waals surface area contributed by atoms with Gasteiger partial charge in [-0.3, -0.25) is 9.78 Å². The summed E-state index contributed by atoms with van der Waals surface area (Å²) in [4.78, 5) is 26.7. The molecule has 1 N–H and O–H groups in total. The number of carbonyl (C=O) groups excluding carboxylic acids is 1. The van der Waals surface area contributed by atoms with Crippen LogP contribution in [0.15, 0.2) is 65.3 Å². The number of Topliss-reactive ketones (excluding diaryl/α,β-unsaturated/α-hetero) is 1. The molecule has 36 heavy (non-hydrogen) atoms. The number of hydrogen-bond donors (Lipinski definition) is 1. The average molecular weight is 498 g/mol. The number of pyridine rings is 1. The fraction of sp³-hybridized carbons (Fsp3) is 0.179. The summed E-state index contributed by atoms with van der Waals surface area (Å²) in [5.41, 5.74) is 6.08. The van der Waals surface area contributed by atoms with Crippen LogP contribution in [0, 0.1) is 20.8 Å². The van der Waals surface area contributed by atoms with E-state index in [1.165, 1.54) is 0 Å². The number of halogens is 1. The van der Waals surface area contributed by atoms with Crippen molar-refractivity contribution in [3.63, 3.8) is 0 Å². The van der Waals surface area contributed by atoms with Crippen LogP contribution < -0.4 is 5.32 Å². The highest BCUT2D eigenvalue weighted by molar-refractivity contribution is 6.30. The molecule has 2 aromatic carbocycles. The lowest BCUT2D eigenvalue weighted by Crippen LogP contribution is -2.12. The van der Waals surface area contributed by atoms with Gasteiger partial charge in [0.1, 0.15) is 11.6 Å². The second kappa shape index (κ2) is 9.87. The molecule has 0 aliphatic carbocycles. The Morgan fingerprint density at radius 2 is 1.86 bits per heavy atom. The van der Waals surface area contributed by atoms with Crippen molar-refractivity contribution in [2.75, 3.05) is 5.32 Å². The van der Waals surface area contributed by atoms with Gasteiger partial charge < -0.3 is 9.84 Å². The van der Waals surface area contributed by atoms with Gasteiger partial charge >= 0.3 is 0 Å². The van der Waals surface area contributed by atoms with E-state index < -0.39 is 0 Å². The molecule has 8 heteroatoms. The number of nitrogens with one attached hydrogen (secondary N) is 1. The standard InChI is InChI=1S/C28H24ClN5O2/c1-16-11-19(9-10-30-16)13-25(35)28-32-24-8-7-21(26-17(2)34-36-18(26)3)14-23(24)27(33-28)31-15-20-5-4-6-22(29)12-20/h4-12,14H,13,15H2,1-3H3,(H,31,32,33). The molecule has 0 amide bonds. The largest absolute Gasteiger partial charge is 0.365 e. The number of nitrogens with zero attached hydrogens (tertiary/aromatic N) is 4. The maximum absolute atomic E-state index is 13.2. The number of aromatic nitrogens is 4. The van der Waals surface area contributed by atoms with Gasteiger partial charge in [0.05, 0.1) is 11.2 Å². The number of benzene rings is 2. The van der Waals surface area contributed by atoms with E-state index in [1.54, 1.807) is 6.20 Å². The molecule has 3 aromatic heterocycles. The molecule has 0 aliphatic heterocycles. The average Bonchev–Trinajstić information content (AvgIpc) is 3.19. The number of ketones is 1. The van der Waals surface area contributed by atoms with E-state index in [1.807, 2.05) is 75.4 Å². The van der Waals surface area contributed by atoms with Crippen LogP contribution in [0.4, 0.5) is 5.82 Å². The van der Waals surface area contributed by atoms with Crippen LogP contribution in [0.5, 0.6) is 0 Å². The van der Waals surface area contributed by atoms with Crippen LogP contribution in [0.1, 0.15) is 38.9 Å². The normalized spacial score (nSPS) is 11.1. The van der Waals surface area contributed by atoms with Crippen LogP contribution in [-0.2, 0) is 13.0 Å². The van der Waals surface area contributed by atoms with Crippen molar-refractivity contribution in [2.45, 2.75) is 33.7 Å². The molecule has 0 atom stereocenters. The molecule has 0 bridgehead atoms. The van der Waals surface area contributed by atoms with E-state index in [4.69, 9.17) is 16.1 Å². The van der Waals surface area contributed by atoms with Crippen molar-refractivity contribution in [3.05, 3.63) is 99.9 Å². The lowest BCUT2D eigenvalue weighted by Gasteiger charge is -2.12. The van der Waals surface area contributed by atoms with Gasteiger partial charge in [0, 0.05) is 40.8 Å². The molecular weight excluding hydrogens is 474 g/mol. The highest BCUT2D eigenvalue weighted by Crippen LogP contribution is 2.32. The first kappa shape index (κ1) is 23.6. The van der Waals surface area contributed by atoms with Crippen molar-refractivity contribution in [2.24, 2.45) is 0 Å². The molecule has 5 aromatic rings. The Morgan fingerprint density at radius 1 is 1.00 bits per heavy atom. The number of fused-ring (bicyclic) bond motifs is 1. The summed E-state index contributed by atoms with van der Waals surface area (Å²) in [5.74, 6) is 1.31. The van der Waals surface area contributed by atoms with Gasteiger partial charge in [-0.2, -0.15) is 0 Å². The minimum Gasteiger partial charge on any atom is -0.365 e. The zero-order valence-electron chi connectivity index (χ0n) is 20.2. The Balaban J connectivity index is 1.56. The van der Waals surface area contributed by atoms with E-state index in [0.29, 0.717) is 22.9 Å². The molecular formula is C28H24ClN5O2. The van der Waals surface area contributed by atoms with E-state index in [9.17, 15) is 4.79 Å². The number of aryl methyl sites for hydroxylation is 3. The zero-order chi connectivity index (χ0) is 25.2. The lowest BCUT2D eigenvalue weighted by molar-refractivity contribution is 0.0983. The molecule has 0 saturated carbocycles. The SMILES string of the molecule is Cc1cc(CC(=O)c2nc(NCc3cccc(Cl)c3)c3cc(-c4c(C)noc4C)ccc3n2)ccn1. The van der Waals surface area contributed by atoms with Crippen LogP contribution >= 0.6 is 11.6 Å². The first-order chi connectivity index (χ1) is 17.4. The van der Waals surface area contributed by atoms with Crippen molar-refractivity contribution >= 4 is 34.1 Å². The van der Waals surface area contributed by atoms with Crippen molar-refractivity contribution in [1.82, 2.24) is 20.1 Å². The number of rotatable bonds is 7. The minimum absolute atomic E-state index is 0.163. The van der Waals surface area contributed by atoms with Gasteiger partial charge in [0.15, 0.2) is 5.82 Å². The molecule has 0 saturated heterocycles. The molecule has 180 valence electrons. The summed E-state index contributed by atoms with van der Waals surface area (Å²) >= 11 is 6.17. The van der Waals surface area contributed by atoms with Gasteiger partial charge in [-0.05, 0) is 73.9 Å². The predicted molar refractivity (Wildman–Crippen MR) is 140 cm³/mol. The first-order valence-corrected chi connectivity index (χ1v) is 11.9. The van der Waals surface area contributed by atoms with Crippen molar-refractivity contribution in [1.29, 1.82) is 0 Å². The van der Waals surface area contributed by atoms with Gasteiger partial charge in [-0.1, -0.05) is 35.0 Å². The van der Waals surface area contributed by atoms with Gasteiger partial charge in [-0.15, -0.1) is 0 Å². The third-order valence-corrected chi connectivity index (χ3v) is 6.18. The highest BCUT2D eigenvalue weighted by atomic mass is 35.5. The van der Waals surface area contributed by atoms with Crippen molar-refractivity contribution < 1.29 is 9.32 Å². The summed E-state index contributed by atoms with van der Waals surface area (Å²) in [6, 6.07) is 17.2. The number of anilines is 1. The van der Waals surface area contributed by atoms with E-state index in [2.05, 4.69) is 25.4 Å². The molecule has 3 heterocycles. The summed E-state index contributed by atoms with van der Waals surface area (Å²) in [6.45, 7) is 6.18. The fourth-order valence-electron chi connectivity index (χ4n) is 4.25. The third kappa shape index (κ3) is 4.97. The smallest absolute Gasteiger partial charge is 0.204 e. The molecule has 0 radical (unpaired) electrons. The summed E-state index contributed by atoms with van der Waals surface area (Å²) in [5, 5.41) is 8.92. The maximum atomic E-state index is 13.2. The van der Waals surface area contributed by atoms with E-state index in [-0.39, 0.29) is 18.0 Å². The monoisotopic (exact) mass is 497 g/mol. The molecule has 0 spiro atoms. The summed E-state index contributed by atoms with van der Waals surface area (Å²) in [7, 11) is 0. The topological polar surface area (TPSA) is 93.8 Å². The second-order valence-electron chi connectivity index (χ2n) is 8.72. The minimum atomic E-state index is -0.164.